The number of carbonyl (C=O) groups is 2. The third-order valence-electron chi connectivity index (χ3n) is 6.76. The highest BCUT2D eigenvalue weighted by atomic mass is 35.5. The van der Waals surface area contributed by atoms with Gasteiger partial charge in [0.05, 0.1) is 5.69 Å². The molecule has 2 aromatic heterocycles. The fraction of sp³-hybridized carbons (Fsp3) is 0.360. The second-order valence-corrected chi connectivity index (χ2v) is 9.60. The molecule has 0 saturated heterocycles. The van der Waals surface area contributed by atoms with Crippen LogP contribution < -0.4 is 15.5 Å². The summed E-state index contributed by atoms with van der Waals surface area (Å²) in [7, 11) is 0. The molecule has 0 bridgehead atoms. The van der Waals surface area contributed by atoms with Crippen LogP contribution in [0.5, 0.6) is 0 Å². The maximum absolute atomic E-state index is 13.8. The summed E-state index contributed by atoms with van der Waals surface area (Å²) >= 11 is 6.24. The highest BCUT2D eigenvalue weighted by molar-refractivity contribution is 6.30. The fourth-order valence-electron chi connectivity index (χ4n) is 4.69. The lowest BCUT2D eigenvalue weighted by molar-refractivity contribution is 0.0945. The molecule has 0 radical (unpaired) electrons. The lowest BCUT2D eigenvalue weighted by Crippen LogP contribution is -2.40. The van der Waals surface area contributed by atoms with Gasteiger partial charge in [-0.3, -0.25) is 14.5 Å². The first-order chi connectivity index (χ1) is 16.6. The van der Waals surface area contributed by atoms with Crippen molar-refractivity contribution in [3.8, 4) is 5.69 Å². The molecule has 0 spiro atoms. The van der Waals surface area contributed by atoms with Gasteiger partial charge in [0.1, 0.15) is 11.5 Å². The molecule has 0 unspecified atom stereocenters. The first kappa shape index (κ1) is 21.3. The molecule has 3 aromatic rings. The Morgan fingerprint density at radius 3 is 2.91 bits per heavy atom. The molecule has 174 valence electrons. The maximum atomic E-state index is 13.8. The van der Waals surface area contributed by atoms with E-state index in [1.165, 1.54) is 11.1 Å². The van der Waals surface area contributed by atoms with Crippen molar-refractivity contribution in [3.05, 3.63) is 69.6 Å². The number of hydrogen-bond acceptors (Lipinski definition) is 5. The number of anilines is 1. The first-order valence-corrected chi connectivity index (χ1v) is 12.1. The standard InChI is InChI=1S/C25H25ClN6O2/c26-18-2-1-3-19(11-18)32-23-20(22(30-32)24(33)29-12-15-4-5-15)7-9-31(25(23)34)21-10-17-13-27-8-6-16(17)14-28-21/h1-3,10-11,14-15,27H,4-9,12-13H2,(H,29,33). The molecule has 2 aliphatic heterocycles. The molecule has 1 saturated carbocycles. The molecular weight excluding hydrogens is 452 g/mol. The zero-order chi connectivity index (χ0) is 23.2. The number of halogens is 1. The Balaban J connectivity index is 1.40. The zero-order valence-corrected chi connectivity index (χ0v) is 19.4. The van der Waals surface area contributed by atoms with Gasteiger partial charge in [0, 0.05) is 36.4 Å². The summed E-state index contributed by atoms with van der Waals surface area (Å²) in [6.45, 7) is 2.79. The minimum absolute atomic E-state index is 0.216. The number of carbonyl (C=O) groups excluding carboxylic acids is 2. The molecule has 3 aliphatic rings. The lowest BCUT2D eigenvalue weighted by Gasteiger charge is -2.28. The molecule has 1 aromatic carbocycles. The van der Waals surface area contributed by atoms with Crippen molar-refractivity contribution in [1.29, 1.82) is 0 Å². The normalized spacial score (nSPS) is 17.3. The molecule has 1 fully saturated rings. The van der Waals surface area contributed by atoms with E-state index in [2.05, 4.69) is 20.7 Å². The second kappa shape index (κ2) is 8.52. The summed E-state index contributed by atoms with van der Waals surface area (Å²) in [5.74, 6) is 0.725. The van der Waals surface area contributed by atoms with Crippen LogP contribution in [0.4, 0.5) is 5.82 Å². The minimum Gasteiger partial charge on any atom is -0.350 e. The van der Waals surface area contributed by atoms with Crippen molar-refractivity contribution in [1.82, 2.24) is 25.4 Å². The zero-order valence-electron chi connectivity index (χ0n) is 18.7. The molecule has 9 heteroatoms. The van der Waals surface area contributed by atoms with E-state index in [0.29, 0.717) is 58.9 Å². The Labute approximate surface area is 202 Å². The van der Waals surface area contributed by atoms with Crippen LogP contribution in [0.25, 0.3) is 5.69 Å². The molecule has 0 atom stereocenters. The van der Waals surface area contributed by atoms with Crippen molar-refractivity contribution < 1.29 is 9.59 Å². The van der Waals surface area contributed by atoms with E-state index in [1.807, 2.05) is 24.4 Å². The van der Waals surface area contributed by atoms with Crippen LogP contribution in [0.3, 0.4) is 0 Å². The maximum Gasteiger partial charge on any atom is 0.278 e. The van der Waals surface area contributed by atoms with Crippen molar-refractivity contribution in [2.45, 2.75) is 32.2 Å². The van der Waals surface area contributed by atoms with E-state index in [0.717, 1.165) is 32.4 Å². The van der Waals surface area contributed by atoms with Crippen LogP contribution in [-0.2, 0) is 19.4 Å². The highest BCUT2D eigenvalue weighted by Crippen LogP contribution is 2.31. The molecule has 2 amide bonds. The van der Waals surface area contributed by atoms with Crippen molar-refractivity contribution in [3.63, 3.8) is 0 Å². The predicted octanol–water partition coefficient (Wildman–Crippen LogP) is 2.91. The third kappa shape index (κ3) is 3.86. The van der Waals surface area contributed by atoms with Crippen molar-refractivity contribution in [2.75, 3.05) is 24.5 Å². The number of nitrogens with zero attached hydrogens (tertiary/aromatic N) is 4. The number of nitrogens with one attached hydrogen (secondary N) is 2. The smallest absolute Gasteiger partial charge is 0.278 e. The van der Waals surface area contributed by atoms with Crippen LogP contribution >= 0.6 is 11.6 Å². The number of hydrogen-bond donors (Lipinski definition) is 2. The van der Waals surface area contributed by atoms with Crippen LogP contribution in [-0.4, -0.2) is 46.2 Å². The predicted molar refractivity (Wildman–Crippen MR) is 129 cm³/mol. The minimum atomic E-state index is -0.233. The van der Waals surface area contributed by atoms with E-state index in [9.17, 15) is 9.59 Å². The van der Waals surface area contributed by atoms with Gasteiger partial charge >= 0.3 is 0 Å². The van der Waals surface area contributed by atoms with Crippen LogP contribution in [0.1, 0.15) is 50.5 Å². The van der Waals surface area contributed by atoms with Gasteiger partial charge in [-0.2, -0.15) is 5.10 Å². The monoisotopic (exact) mass is 476 g/mol. The molecule has 4 heterocycles. The van der Waals surface area contributed by atoms with Crippen molar-refractivity contribution >= 4 is 29.2 Å². The Morgan fingerprint density at radius 1 is 1.21 bits per heavy atom. The molecule has 1 aliphatic carbocycles. The number of amides is 2. The Bertz CT molecular complexity index is 1300. The summed E-state index contributed by atoms with van der Waals surface area (Å²) in [5, 5.41) is 11.5. The van der Waals surface area contributed by atoms with Crippen LogP contribution in [0.2, 0.25) is 5.02 Å². The van der Waals surface area contributed by atoms with Crippen molar-refractivity contribution in [2.24, 2.45) is 5.92 Å². The van der Waals surface area contributed by atoms with Gasteiger partial charge < -0.3 is 10.6 Å². The van der Waals surface area contributed by atoms with Gasteiger partial charge in [-0.1, -0.05) is 17.7 Å². The van der Waals surface area contributed by atoms with E-state index in [-0.39, 0.29) is 11.8 Å². The average Bonchev–Trinajstić information content (AvgIpc) is 3.60. The van der Waals surface area contributed by atoms with Gasteiger partial charge in [-0.15, -0.1) is 0 Å². The Kier molecular flexibility index (Phi) is 5.34. The number of pyridine rings is 1. The van der Waals surface area contributed by atoms with E-state index in [4.69, 9.17) is 11.6 Å². The van der Waals surface area contributed by atoms with E-state index >= 15 is 0 Å². The van der Waals surface area contributed by atoms with Gasteiger partial charge in [0.25, 0.3) is 11.8 Å². The summed E-state index contributed by atoms with van der Waals surface area (Å²) in [5.41, 5.74) is 4.40. The van der Waals surface area contributed by atoms with Gasteiger partial charge in [-0.05, 0) is 73.5 Å². The third-order valence-corrected chi connectivity index (χ3v) is 7.00. The number of rotatable bonds is 5. The summed E-state index contributed by atoms with van der Waals surface area (Å²) in [6.07, 6.45) is 5.61. The highest BCUT2D eigenvalue weighted by Gasteiger charge is 2.36. The lowest BCUT2D eigenvalue weighted by atomic mass is 10.0. The molecule has 2 N–H and O–H groups in total. The fourth-order valence-corrected chi connectivity index (χ4v) is 4.88. The van der Waals surface area contributed by atoms with Crippen LogP contribution in [0, 0.1) is 5.92 Å². The number of aromatic nitrogens is 3. The SMILES string of the molecule is O=C(NCC1CC1)c1nn(-c2cccc(Cl)c2)c2c1CCN(c1cc3c(cn1)CCNC3)C2=O. The Hall–Kier alpha value is -3.23. The number of fused-ring (bicyclic) bond motifs is 2. The summed E-state index contributed by atoms with van der Waals surface area (Å²) in [6, 6.07) is 9.15. The molecule has 6 rings (SSSR count). The van der Waals surface area contributed by atoms with Gasteiger partial charge in [0.2, 0.25) is 0 Å². The van der Waals surface area contributed by atoms with E-state index in [1.54, 1.807) is 21.7 Å². The first-order valence-electron chi connectivity index (χ1n) is 11.7. The molecular formula is C25H25ClN6O2. The molecule has 8 nitrogen and oxygen atoms in total. The average molecular weight is 477 g/mol. The Morgan fingerprint density at radius 2 is 2.09 bits per heavy atom. The molecule has 34 heavy (non-hydrogen) atoms. The quantitative estimate of drug-likeness (QED) is 0.590. The van der Waals surface area contributed by atoms with Gasteiger partial charge in [-0.25, -0.2) is 9.67 Å². The summed E-state index contributed by atoms with van der Waals surface area (Å²) in [4.78, 5) is 33.1. The van der Waals surface area contributed by atoms with Crippen LogP contribution in [0.15, 0.2) is 36.5 Å². The second-order valence-electron chi connectivity index (χ2n) is 9.17. The van der Waals surface area contributed by atoms with Gasteiger partial charge in [0.15, 0.2) is 5.69 Å². The topological polar surface area (TPSA) is 92.2 Å². The van der Waals surface area contributed by atoms with E-state index < -0.39 is 0 Å². The summed E-state index contributed by atoms with van der Waals surface area (Å²) < 4.78 is 1.56. The largest absolute Gasteiger partial charge is 0.350 e. The number of benzene rings is 1.